The smallest absolute Gasteiger partial charge is 0.225 e. The van der Waals surface area contributed by atoms with Crippen LogP contribution in [0.5, 0.6) is 0 Å². The van der Waals surface area contributed by atoms with Gasteiger partial charge in [-0.1, -0.05) is 18.2 Å². The van der Waals surface area contributed by atoms with E-state index in [4.69, 9.17) is 5.10 Å². The Kier molecular flexibility index (Phi) is 4.56. The lowest BCUT2D eigenvalue weighted by molar-refractivity contribution is -0.116. The van der Waals surface area contributed by atoms with E-state index in [1.54, 1.807) is 6.20 Å². The van der Waals surface area contributed by atoms with Gasteiger partial charge in [-0.05, 0) is 44.4 Å². The van der Waals surface area contributed by atoms with Crippen LogP contribution >= 0.6 is 0 Å². The van der Waals surface area contributed by atoms with Crippen LogP contribution in [-0.2, 0) is 11.3 Å². The Morgan fingerprint density at radius 3 is 2.73 bits per heavy atom. The maximum atomic E-state index is 12.5. The van der Waals surface area contributed by atoms with E-state index < -0.39 is 0 Å². The lowest BCUT2D eigenvalue weighted by Crippen LogP contribution is -2.16. The number of carbonyl (C=O) groups excluding carboxylic acids is 1. The summed E-state index contributed by atoms with van der Waals surface area (Å²) >= 11 is 0. The van der Waals surface area contributed by atoms with E-state index in [2.05, 4.69) is 17.3 Å². The van der Waals surface area contributed by atoms with E-state index in [1.165, 1.54) is 12.8 Å². The van der Waals surface area contributed by atoms with Gasteiger partial charge in [-0.25, -0.2) is 4.68 Å². The van der Waals surface area contributed by atoms with Crippen molar-refractivity contribution in [2.75, 3.05) is 5.32 Å². The lowest BCUT2D eigenvalue weighted by atomic mass is 10.2. The summed E-state index contributed by atoms with van der Waals surface area (Å²) < 4.78 is 3.71. The van der Waals surface area contributed by atoms with Crippen molar-refractivity contribution in [3.63, 3.8) is 0 Å². The van der Waals surface area contributed by atoms with E-state index in [9.17, 15) is 4.79 Å². The number of nitrogens with zero attached hydrogens (tertiary/aromatic N) is 4. The Morgan fingerprint density at radius 1 is 1.23 bits per heavy atom. The number of benzene rings is 1. The Hall–Kier alpha value is -2.89. The van der Waals surface area contributed by atoms with Crippen molar-refractivity contribution in [3.8, 4) is 5.69 Å². The summed E-state index contributed by atoms with van der Waals surface area (Å²) in [6, 6.07) is 11.9. The fourth-order valence-electron chi connectivity index (χ4n) is 3.19. The molecule has 4 rings (SSSR count). The third-order valence-corrected chi connectivity index (χ3v) is 4.73. The number of anilines is 1. The second-order valence-corrected chi connectivity index (χ2v) is 6.80. The molecular weight excluding hydrogens is 326 g/mol. The molecule has 1 amide bonds. The predicted octanol–water partition coefficient (Wildman–Crippen LogP) is 3.67. The van der Waals surface area contributed by atoms with Crippen LogP contribution in [0.1, 0.15) is 42.9 Å². The number of amides is 1. The number of hydrogen-bond donors (Lipinski definition) is 1. The van der Waals surface area contributed by atoms with Gasteiger partial charge in [0.15, 0.2) is 0 Å². The molecule has 1 aromatic carbocycles. The normalized spacial score (nSPS) is 13.7. The first-order valence-corrected chi connectivity index (χ1v) is 9.14. The predicted molar refractivity (Wildman–Crippen MR) is 100 cm³/mol. The van der Waals surface area contributed by atoms with Crippen LogP contribution in [-0.4, -0.2) is 25.5 Å². The zero-order valence-electron chi connectivity index (χ0n) is 14.9. The number of para-hydroxylation sites is 1. The molecule has 1 aliphatic carbocycles. The molecule has 2 aromatic heterocycles. The van der Waals surface area contributed by atoms with Gasteiger partial charge in [0.25, 0.3) is 0 Å². The van der Waals surface area contributed by atoms with E-state index in [0.29, 0.717) is 12.3 Å². The van der Waals surface area contributed by atoms with Gasteiger partial charge in [0.2, 0.25) is 5.91 Å². The van der Waals surface area contributed by atoms with Crippen LogP contribution in [0.4, 0.5) is 5.82 Å². The average Bonchev–Trinajstić information content (AvgIpc) is 3.27. The van der Waals surface area contributed by atoms with Crippen LogP contribution in [0.25, 0.3) is 5.69 Å². The van der Waals surface area contributed by atoms with Gasteiger partial charge in [-0.3, -0.25) is 9.48 Å². The summed E-state index contributed by atoms with van der Waals surface area (Å²) in [5.41, 5.74) is 3.16. The lowest BCUT2D eigenvalue weighted by Gasteiger charge is -2.10. The summed E-state index contributed by atoms with van der Waals surface area (Å²) in [6.07, 6.45) is 7.24. The summed E-state index contributed by atoms with van der Waals surface area (Å²) in [4.78, 5) is 12.5. The molecule has 3 aromatic rings. The monoisotopic (exact) mass is 349 g/mol. The van der Waals surface area contributed by atoms with Crippen molar-refractivity contribution in [1.29, 1.82) is 0 Å². The molecule has 0 aliphatic heterocycles. The van der Waals surface area contributed by atoms with Gasteiger partial charge in [0, 0.05) is 36.8 Å². The number of aromatic nitrogens is 4. The highest BCUT2D eigenvalue weighted by Crippen LogP contribution is 2.42. The van der Waals surface area contributed by atoms with Crippen molar-refractivity contribution < 1.29 is 4.79 Å². The van der Waals surface area contributed by atoms with E-state index in [0.717, 1.165) is 35.7 Å². The number of aryl methyl sites for hydroxylation is 1. The Morgan fingerprint density at radius 2 is 2.04 bits per heavy atom. The minimum atomic E-state index is 0.0136. The number of rotatable bonds is 7. The summed E-state index contributed by atoms with van der Waals surface area (Å²) in [7, 11) is 0. The molecule has 2 heterocycles. The van der Waals surface area contributed by atoms with E-state index in [-0.39, 0.29) is 5.91 Å². The topological polar surface area (TPSA) is 64.7 Å². The molecule has 1 saturated carbocycles. The van der Waals surface area contributed by atoms with Gasteiger partial charge in [-0.2, -0.15) is 10.2 Å². The Balaban J connectivity index is 1.50. The summed E-state index contributed by atoms with van der Waals surface area (Å²) in [6.45, 7) is 2.80. The molecular formula is C20H23N5O. The van der Waals surface area contributed by atoms with Crippen molar-refractivity contribution in [2.45, 2.75) is 45.1 Å². The third-order valence-electron chi connectivity index (χ3n) is 4.73. The zero-order chi connectivity index (χ0) is 17.9. The maximum Gasteiger partial charge on any atom is 0.225 e. The van der Waals surface area contributed by atoms with Crippen LogP contribution in [0, 0.1) is 6.92 Å². The first-order chi connectivity index (χ1) is 12.7. The van der Waals surface area contributed by atoms with E-state index >= 15 is 0 Å². The molecule has 0 unspecified atom stereocenters. The van der Waals surface area contributed by atoms with Crippen LogP contribution in [0.3, 0.4) is 0 Å². The van der Waals surface area contributed by atoms with Gasteiger partial charge in [-0.15, -0.1) is 0 Å². The standard InChI is InChI=1S/C20H23N5O/c1-15-19(16-10-11-16)23-25(17-7-3-2-4-8-17)20(15)22-18(26)9-5-13-24-14-6-12-21-24/h2-4,6-8,12,14,16H,5,9-11,13H2,1H3,(H,22,26). The fourth-order valence-corrected chi connectivity index (χ4v) is 3.19. The van der Waals surface area contributed by atoms with Crippen molar-refractivity contribution in [2.24, 2.45) is 0 Å². The van der Waals surface area contributed by atoms with Gasteiger partial charge >= 0.3 is 0 Å². The number of nitrogens with one attached hydrogen (secondary N) is 1. The molecule has 1 N–H and O–H groups in total. The molecule has 0 spiro atoms. The highest BCUT2D eigenvalue weighted by molar-refractivity contribution is 5.91. The van der Waals surface area contributed by atoms with Crippen molar-refractivity contribution in [3.05, 3.63) is 60.0 Å². The maximum absolute atomic E-state index is 12.5. The molecule has 1 aliphatic rings. The van der Waals surface area contributed by atoms with Crippen molar-refractivity contribution in [1.82, 2.24) is 19.6 Å². The minimum Gasteiger partial charge on any atom is -0.310 e. The fraction of sp³-hybridized carbons (Fsp3) is 0.350. The molecule has 6 nitrogen and oxygen atoms in total. The molecule has 0 bridgehead atoms. The van der Waals surface area contributed by atoms with E-state index in [1.807, 2.05) is 52.0 Å². The molecule has 1 fully saturated rings. The van der Waals surface area contributed by atoms with Crippen LogP contribution < -0.4 is 5.32 Å². The average molecular weight is 349 g/mol. The highest BCUT2D eigenvalue weighted by Gasteiger charge is 2.30. The number of carbonyl (C=O) groups is 1. The van der Waals surface area contributed by atoms with Crippen LogP contribution in [0.15, 0.2) is 48.8 Å². The zero-order valence-corrected chi connectivity index (χ0v) is 14.9. The number of hydrogen-bond acceptors (Lipinski definition) is 3. The largest absolute Gasteiger partial charge is 0.310 e. The summed E-state index contributed by atoms with van der Waals surface area (Å²) in [5, 5.41) is 12.1. The van der Waals surface area contributed by atoms with Crippen LogP contribution in [0.2, 0.25) is 0 Å². The van der Waals surface area contributed by atoms with Gasteiger partial charge in [0.1, 0.15) is 5.82 Å². The molecule has 0 atom stereocenters. The van der Waals surface area contributed by atoms with Gasteiger partial charge in [0.05, 0.1) is 11.4 Å². The Labute approximate surface area is 152 Å². The Bertz CT molecular complexity index is 879. The summed E-state index contributed by atoms with van der Waals surface area (Å²) in [5.74, 6) is 1.34. The molecule has 134 valence electrons. The SMILES string of the molecule is Cc1c(C2CC2)nn(-c2ccccc2)c1NC(=O)CCCn1cccn1. The first-order valence-electron chi connectivity index (χ1n) is 9.14. The quantitative estimate of drug-likeness (QED) is 0.708. The molecule has 26 heavy (non-hydrogen) atoms. The second kappa shape index (κ2) is 7.15. The third kappa shape index (κ3) is 3.54. The molecule has 0 radical (unpaired) electrons. The molecule has 0 saturated heterocycles. The van der Waals surface area contributed by atoms with Crippen molar-refractivity contribution >= 4 is 11.7 Å². The second-order valence-electron chi connectivity index (χ2n) is 6.80. The minimum absolute atomic E-state index is 0.0136. The molecule has 6 heteroatoms. The van der Waals surface area contributed by atoms with Gasteiger partial charge < -0.3 is 5.32 Å². The first kappa shape index (κ1) is 16.6. The highest BCUT2D eigenvalue weighted by atomic mass is 16.1.